The molecular formula is C31H29N11O2. The molecule has 0 radical (unpaired) electrons. The predicted molar refractivity (Wildman–Crippen MR) is 163 cm³/mol. The summed E-state index contributed by atoms with van der Waals surface area (Å²) in [7, 11) is 0. The summed E-state index contributed by atoms with van der Waals surface area (Å²) in [6.45, 7) is 2.91. The molecule has 0 bridgehead atoms. The van der Waals surface area contributed by atoms with Crippen LogP contribution in [0.25, 0.3) is 28.2 Å². The summed E-state index contributed by atoms with van der Waals surface area (Å²) in [5.41, 5.74) is 10.3. The number of likely N-dealkylation sites (tertiary alicyclic amines) is 1. The Bertz CT molecular complexity index is 1870. The Morgan fingerprint density at radius 3 is 2.59 bits per heavy atom. The maximum Gasteiger partial charge on any atom is 0.256 e. The molecule has 0 atom stereocenters. The molecule has 1 amide bonds. The molecule has 220 valence electrons. The van der Waals surface area contributed by atoms with Gasteiger partial charge in [-0.2, -0.15) is 5.26 Å². The lowest BCUT2D eigenvalue weighted by molar-refractivity contribution is -0.117. The number of fused-ring (bicyclic) bond motifs is 1. The molecule has 13 heteroatoms. The number of aromatic nitrogens is 6. The average molecular weight is 588 g/mol. The molecular weight excluding hydrogens is 558 g/mol. The number of nitrogens with zero attached hydrogens (tertiary/aromatic N) is 9. The van der Waals surface area contributed by atoms with Crippen LogP contribution >= 0.6 is 0 Å². The van der Waals surface area contributed by atoms with E-state index in [0.717, 1.165) is 38.2 Å². The fourth-order valence-electron chi connectivity index (χ4n) is 5.64. The third-order valence-electron chi connectivity index (χ3n) is 7.89. The molecule has 2 saturated heterocycles. The van der Waals surface area contributed by atoms with Crippen molar-refractivity contribution in [1.82, 2.24) is 34.4 Å². The number of nitrogens with two attached hydrogens (primary N) is 1. The first kappa shape index (κ1) is 27.4. The SMILES string of the molecule is N#Cc1nccc(NC2CCN(Cc3ccc(-n4c(-c5cccnc5N)nc5ccc(N6COCC6=O)nc54)cc3)CC2)n1. The third-order valence-corrected chi connectivity index (χ3v) is 7.89. The van der Waals surface area contributed by atoms with Gasteiger partial charge in [-0.15, -0.1) is 0 Å². The Morgan fingerprint density at radius 2 is 1.84 bits per heavy atom. The minimum Gasteiger partial charge on any atom is -0.383 e. The smallest absolute Gasteiger partial charge is 0.256 e. The summed E-state index contributed by atoms with van der Waals surface area (Å²) in [6, 6.07) is 19.8. The van der Waals surface area contributed by atoms with Crippen molar-refractivity contribution in [2.24, 2.45) is 0 Å². The number of pyridine rings is 2. The van der Waals surface area contributed by atoms with E-state index < -0.39 is 0 Å². The molecule has 3 N–H and O–H groups in total. The van der Waals surface area contributed by atoms with E-state index in [2.05, 4.69) is 49.4 Å². The molecule has 0 saturated carbocycles. The van der Waals surface area contributed by atoms with E-state index in [4.69, 9.17) is 25.7 Å². The van der Waals surface area contributed by atoms with Gasteiger partial charge in [-0.25, -0.2) is 24.9 Å². The van der Waals surface area contributed by atoms with Gasteiger partial charge in [0, 0.05) is 43.8 Å². The Kier molecular flexibility index (Phi) is 7.27. The van der Waals surface area contributed by atoms with Crippen molar-refractivity contribution >= 4 is 34.5 Å². The average Bonchev–Trinajstić information content (AvgIpc) is 3.65. The summed E-state index contributed by atoms with van der Waals surface area (Å²) in [5.74, 6) is 2.21. The summed E-state index contributed by atoms with van der Waals surface area (Å²) < 4.78 is 7.28. The Labute approximate surface area is 253 Å². The molecule has 0 unspecified atom stereocenters. The standard InChI is InChI=1S/C31H29N11O2/c32-16-26-34-13-9-25(38-26)36-21-10-14-40(15-11-21)17-20-3-5-22(6-4-20)42-30(23-2-1-12-35-29(23)33)37-24-7-8-27(39-31(24)42)41-19-44-18-28(41)43/h1-9,12-13,21H,10-11,14-15,17-19H2,(H2,33,35)(H,34,36,38). The van der Waals surface area contributed by atoms with Gasteiger partial charge in [-0.3, -0.25) is 19.2 Å². The highest BCUT2D eigenvalue weighted by Gasteiger charge is 2.26. The first-order chi connectivity index (χ1) is 21.6. The molecule has 2 fully saturated rings. The normalized spacial score (nSPS) is 16.0. The van der Waals surface area contributed by atoms with E-state index in [1.54, 1.807) is 24.5 Å². The van der Waals surface area contributed by atoms with Crippen LogP contribution in [0, 0.1) is 11.3 Å². The van der Waals surface area contributed by atoms with Gasteiger partial charge in [-0.05, 0) is 60.9 Å². The molecule has 4 aromatic heterocycles. The van der Waals surface area contributed by atoms with Gasteiger partial charge >= 0.3 is 0 Å². The van der Waals surface area contributed by atoms with Gasteiger partial charge in [0.15, 0.2) is 11.5 Å². The minimum atomic E-state index is -0.133. The van der Waals surface area contributed by atoms with Crippen molar-refractivity contribution in [3.8, 4) is 23.1 Å². The van der Waals surface area contributed by atoms with Crippen LogP contribution < -0.4 is 16.0 Å². The van der Waals surface area contributed by atoms with Crippen LogP contribution in [0.3, 0.4) is 0 Å². The number of nitriles is 1. The number of carbonyl (C=O) groups excluding carboxylic acids is 1. The number of carbonyl (C=O) groups is 1. The fourth-order valence-corrected chi connectivity index (χ4v) is 5.64. The number of ether oxygens (including phenoxy) is 1. The van der Waals surface area contributed by atoms with Gasteiger partial charge in [0.2, 0.25) is 5.82 Å². The van der Waals surface area contributed by atoms with Gasteiger partial charge in [0.05, 0.1) is 5.56 Å². The quantitative estimate of drug-likeness (QED) is 0.287. The number of nitrogens with one attached hydrogen (secondary N) is 1. The second-order valence-electron chi connectivity index (χ2n) is 10.8. The number of hydrogen-bond donors (Lipinski definition) is 2. The monoisotopic (exact) mass is 587 g/mol. The molecule has 7 rings (SSSR count). The van der Waals surface area contributed by atoms with Crippen molar-refractivity contribution in [3.63, 3.8) is 0 Å². The number of amides is 1. The van der Waals surface area contributed by atoms with Crippen molar-refractivity contribution in [2.75, 3.05) is 42.4 Å². The van der Waals surface area contributed by atoms with Crippen LogP contribution in [-0.2, 0) is 16.1 Å². The summed E-state index contributed by atoms with van der Waals surface area (Å²) in [5, 5.41) is 12.5. The third kappa shape index (κ3) is 5.39. The highest BCUT2D eigenvalue weighted by molar-refractivity contribution is 5.95. The Hall–Kier alpha value is -5.45. The van der Waals surface area contributed by atoms with Crippen molar-refractivity contribution in [1.29, 1.82) is 5.26 Å². The first-order valence-electron chi connectivity index (χ1n) is 14.4. The lowest BCUT2D eigenvalue weighted by Gasteiger charge is -2.32. The molecule has 2 aliphatic rings. The van der Waals surface area contributed by atoms with Crippen LogP contribution in [0.4, 0.5) is 17.5 Å². The number of imidazole rings is 1. The van der Waals surface area contributed by atoms with Gasteiger partial charge in [-0.1, -0.05) is 12.1 Å². The van der Waals surface area contributed by atoms with E-state index >= 15 is 0 Å². The number of hydrogen-bond acceptors (Lipinski definition) is 11. The highest BCUT2D eigenvalue weighted by atomic mass is 16.5. The van der Waals surface area contributed by atoms with Crippen LogP contribution in [0.5, 0.6) is 0 Å². The van der Waals surface area contributed by atoms with Gasteiger partial charge in [0.25, 0.3) is 5.91 Å². The van der Waals surface area contributed by atoms with Crippen molar-refractivity contribution in [2.45, 2.75) is 25.4 Å². The molecule has 0 aliphatic carbocycles. The predicted octanol–water partition coefficient (Wildman–Crippen LogP) is 3.12. The molecule has 1 aromatic carbocycles. The molecule has 0 spiro atoms. The zero-order valence-electron chi connectivity index (χ0n) is 23.8. The summed E-state index contributed by atoms with van der Waals surface area (Å²) in [6.07, 6.45) is 5.20. The Balaban J connectivity index is 1.12. The van der Waals surface area contributed by atoms with E-state index in [9.17, 15) is 4.79 Å². The molecule has 13 nitrogen and oxygen atoms in total. The maximum atomic E-state index is 12.4. The van der Waals surface area contributed by atoms with Crippen molar-refractivity contribution in [3.05, 3.63) is 78.4 Å². The second-order valence-corrected chi connectivity index (χ2v) is 10.8. The number of nitrogen functional groups attached to an aromatic ring is 1. The van der Waals surface area contributed by atoms with Crippen LogP contribution in [0.2, 0.25) is 0 Å². The summed E-state index contributed by atoms with van der Waals surface area (Å²) in [4.78, 5) is 38.5. The minimum absolute atomic E-state index is 0.0389. The topological polar surface area (TPSA) is 164 Å². The second kappa shape index (κ2) is 11.7. The van der Waals surface area contributed by atoms with Crippen LogP contribution in [0.1, 0.15) is 24.2 Å². The van der Waals surface area contributed by atoms with E-state index in [-0.39, 0.29) is 25.1 Å². The lowest BCUT2D eigenvalue weighted by Crippen LogP contribution is -2.38. The number of anilines is 3. The maximum absolute atomic E-state index is 12.4. The number of piperidine rings is 1. The highest BCUT2D eigenvalue weighted by Crippen LogP contribution is 2.32. The zero-order valence-corrected chi connectivity index (χ0v) is 23.8. The van der Waals surface area contributed by atoms with E-state index in [1.165, 1.54) is 10.5 Å². The van der Waals surface area contributed by atoms with E-state index in [0.29, 0.717) is 46.0 Å². The van der Waals surface area contributed by atoms with Crippen molar-refractivity contribution < 1.29 is 9.53 Å². The van der Waals surface area contributed by atoms with Crippen LogP contribution in [-0.4, -0.2) is 72.8 Å². The van der Waals surface area contributed by atoms with Crippen LogP contribution in [0.15, 0.2) is 67.0 Å². The first-order valence-corrected chi connectivity index (χ1v) is 14.4. The fraction of sp³-hybridized carbons (Fsp3) is 0.258. The molecule has 44 heavy (non-hydrogen) atoms. The van der Waals surface area contributed by atoms with Gasteiger partial charge in [0.1, 0.15) is 42.4 Å². The molecule has 5 aromatic rings. The summed E-state index contributed by atoms with van der Waals surface area (Å²) >= 11 is 0. The molecule has 6 heterocycles. The zero-order chi connectivity index (χ0) is 30.0. The number of rotatable bonds is 7. The Morgan fingerprint density at radius 1 is 1.00 bits per heavy atom. The largest absolute Gasteiger partial charge is 0.383 e. The van der Waals surface area contributed by atoms with E-state index in [1.807, 2.05) is 28.8 Å². The lowest BCUT2D eigenvalue weighted by atomic mass is 10.0. The van der Waals surface area contributed by atoms with Gasteiger partial charge < -0.3 is 15.8 Å². The number of benzene rings is 1. The molecule has 2 aliphatic heterocycles.